The lowest BCUT2D eigenvalue weighted by Gasteiger charge is -2.16. The minimum Gasteiger partial charge on any atom is -0.465 e. The Labute approximate surface area is 112 Å². The average Bonchev–Trinajstić information content (AvgIpc) is 3.23. The number of esters is 1. The van der Waals surface area contributed by atoms with Crippen molar-refractivity contribution >= 4 is 17.5 Å². The summed E-state index contributed by atoms with van der Waals surface area (Å²) in [6, 6.07) is 2.30. The molecule has 0 unspecified atom stereocenters. The number of hydrogen-bond acceptors (Lipinski definition) is 6. The molecule has 104 valence electrons. The maximum Gasteiger partial charge on any atom is 0.341 e. The molecule has 2 rings (SSSR count). The van der Waals surface area contributed by atoms with E-state index in [0.717, 1.165) is 19.1 Å². The number of hydrogen-bond donors (Lipinski definition) is 2. The molecule has 0 bridgehead atoms. The monoisotopic (exact) mass is 264 g/mol. The van der Waals surface area contributed by atoms with E-state index in [4.69, 9.17) is 10.5 Å². The van der Waals surface area contributed by atoms with Crippen molar-refractivity contribution in [1.29, 1.82) is 0 Å². The van der Waals surface area contributed by atoms with Gasteiger partial charge in [-0.15, -0.1) is 0 Å². The van der Waals surface area contributed by atoms with E-state index in [1.54, 1.807) is 6.07 Å². The number of aromatic nitrogens is 1. The molecule has 19 heavy (non-hydrogen) atoms. The van der Waals surface area contributed by atoms with Gasteiger partial charge in [0.15, 0.2) is 0 Å². The molecule has 1 saturated carbocycles. The van der Waals surface area contributed by atoms with Gasteiger partial charge in [0.05, 0.1) is 19.0 Å². The molecule has 0 amide bonds. The van der Waals surface area contributed by atoms with Crippen LogP contribution in [0.2, 0.25) is 0 Å². The van der Waals surface area contributed by atoms with Crippen molar-refractivity contribution < 1.29 is 9.53 Å². The quantitative estimate of drug-likeness (QED) is 0.745. The first-order valence-corrected chi connectivity index (χ1v) is 6.39. The van der Waals surface area contributed by atoms with E-state index in [1.807, 2.05) is 0 Å². The third-order valence-corrected chi connectivity index (χ3v) is 3.24. The number of nitrogens with one attached hydrogen (secondary N) is 1. The van der Waals surface area contributed by atoms with Gasteiger partial charge in [-0.3, -0.25) is 0 Å². The van der Waals surface area contributed by atoms with Gasteiger partial charge in [-0.2, -0.15) is 0 Å². The Bertz CT molecular complexity index is 460. The topological polar surface area (TPSA) is 80.5 Å². The van der Waals surface area contributed by atoms with E-state index in [9.17, 15) is 4.79 Å². The molecule has 1 aliphatic carbocycles. The van der Waals surface area contributed by atoms with Crippen LogP contribution in [0.3, 0.4) is 0 Å². The minimum atomic E-state index is -0.433. The number of anilines is 2. The number of likely N-dealkylation sites (N-methyl/N-ethyl adjacent to an activating group) is 1. The van der Waals surface area contributed by atoms with Crippen LogP contribution in [0.15, 0.2) is 12.3 Å². The van der Waals surface area contributed by atoms with Crippen LogP contribution >= 0.6 is 0 Å². The van der Waals surface area contributed by atoms with Crippen molar-refractivity contribution in [3.8, 4) is 0 Å². The SMILES string of the molecule is COC(=O)c1cc(N)cnc1NCCN(C)C1CC1. The highest BCUT2D eigenvalue weighted by atomic mass is 16.5. The molecule has 1 heterocycles. The second kappa shape index (κ2) is 5.88. The molecule has 1 aliphatic rings. The van der Waals surface area contributed by atoms with Crippen LogP contribution in [0, 0.1) is 0 Å². The van der Waals surface area contributed by atoms with E-state index in [2.05, 4.69) is 22.2 Å². The number of nitrogen functional groups attached to an aromatic ring is 1. The summed E-state index contributed by atoms with van der Waals surface area (Å²) in [5, 5.41) is 3.16. The molecular weight excluding hydrogens is 244 g/mol. The van der Waals surface area contributed by atoms with Crippen molar-refractivity contribution in [3.63, 3.8) is 0 Å². The first kappa shape index (κ1) is 13.6. The number of ether oxygens (including phenoxy) is 1. The fraction of sp³-hybridized carbons (Fsp3) is 0.538. The largest absolute Gasteiger partial charge is 0.465 e. The van der Waals surface area contributed by atoms with Gasteiger partial charge in [0.25, 0.3) is 0 Å². The predicted octanol–water partition coefficient (Wildman–Crippen LogP) is 0.956. The Hall–Kier alpha value is -1.82. The van der Waals surface area contributed by atoms with Crippen LogP contribution in [0.1, 0.15) is 23.2 Å². The van der Waals surface area contributed by atoms with Crippen molar-refractivity contribution in [2.75, 3.05) is 38.3 Å². The summed E-state index contributed by atoms with van der Waals surface area (Å²) >= 11 is 0. The van der Waals surface area contributed by atoms with Gasteiger partial charge in [-0.05, 0) is 26.0 Å². The number of carbonyl (C=O) groups excluding carboxylic acids is 1. The average molecular weight is 264 g/mol. The molecule has 0 saturated heterocycles. The van der Waals surface area contributed by atoms with E-state index < -0.39 is 5.97 Å². The predicted molar refractivity (Wildman–Crippen MR) is 74.1 cm³/mol. The van der Waals surface area contributed by atoms with Gasteiger partial charge >= 0.3 is 5.97 Å². The molecule has 0 atom stereocenters. The summed E-state index contributed by atoms with van der Waals surface area (Å²) in [5.41, 5.74) is 6.46. The lowest BCUT2D eigenvalue weighted by atomic mass is 10.2. The fourth-order valence-corrected chi connectivity index (χ4v) is 1.94. The maximum atomic E-state index is 11.6. The van der Waals surface area contributed by atoms with Gasteiger partial charge in [-0.25, -0.2) is 9.78 Å². The van der Waals surface area contributed by atoms with E-state index >= 15 is 0 Å². The molecule has 1 aromatic heterocycles. The first-order valence-electron chi connectivity index (χ1n) is 6.39. The molecule has 0 aromatic carbocycles. The zero-order valence-electron chi connectivity index (χ0n) is 11.3. The van der Waals surface area contributed by atoms with Gasteiger partial charge in [0.2, 0.25) is 0 Å². The summed E-state index contributed by atoms with van der Waals surface area (Å²) in [5.74, 6) is 0.0862. The molecule has 0 aliphatic heterocycles. The number of pyridine rings is 1. The summed E-state index contributed by atoms with van der Waals surface area (Å²) in [6.07, 6.45) is 4.09. The fourth-order valence-electron chi connectivity index (χ4n) is 1.94. The highest BCUT2D eigenvalue weighted by Gasteiger charge is 2.25. The van der Waals surface area contributed by atoms with Crippen LogP contribution in [0.5, 0.6) is 0 Å². The standard InChI is InChI=1S/C13H20N4O2/c1-17(10-3-4-10)6-5-15-12-11(13(18)19-2)7-9(14)8-16-12/h7-8,10H,3-6,14H2,1-2H3,(H,15,16). The van der Waals surface area contributed by atoms with Gasteiger partial charge < -0.3 is 20.7 Å². The Morgan fingerprint density at radius 3 is 3.00 bits per heavy atom. The Morgan fingerprint density at radius 1 is 1.63 bits per heavy atom. The molecule has 0 radical (unpaired) electrons. The van der Waals surface area contributed by atoms with Crippen LogP contribution in [-0.4, -0.2) is 49.1 Å². The zero-order valence-corrected chi connectivity index (χ0v) is 11.3. The summed E-state index contributed by atoms with van der Waals surface area (Å²) < 4.78 is 4.72. The van der Waals surface area contributed by atoms with Crippen LogP contribution < -0.4 is 11.1 Å². The van der Waals surface area contributed by atoms with Gasteiger partial charge in [0, 0.05) is 19.1 Å². The summed E-state index contributed by atoms with van der Waals surface area (Å²) in [7, 11) is 3.45. The second-order valence-electron chi connectivity index (χ2n) is 4.79. The molecule has 1 fully saturated rings. The van der Waals surface area contributed by atoms with Crippen molar-refractivity contribution in [3.05, 3.63) is 17.8 Å². The zero-order chi connectivity index (χ0) is 13.8. The van der Waals surface area contributed by atoms with Gasteiger partial charge in [0.1, 0.15) is 11.4 Å². The number of nitrogens with zero attached hydrogens (tertiary/aromatic N) is 2. The number of carbonyl (C=O) groups is 1. The van der Waals surface area contributed by atoms with E-state index in [0.29, 0.717) is 17.1 Å². The molecule has 6 heteroatoms. The van der Waals surface area contributed by atoms with Crippen molar-refractivity contribution in [2.24, 2.45) is 0 Å². The third kappa shape index (κ3) is 3.57. The highest BCUT2D eigenvalue weighted by Crippen LogP contribution is 2.24. The molecular formula is C13H20N4O2. The number of methoxy groups -OCH3 is 1. The number of rotatable bonds is 6. The van der Waals surface area contributed by atoms with Crippen LogP contribution in [0.25, 0.3) is 0 Å². The molecule has 3 N–H and O–H groups in total. The van der Waals surface area contributed by atoms with E-state index in [-0.39, 0.29) is 0 Å². The highest BCUT2D eigenvalue weighted by molar-refractivity contribution is 5.95. The first-order chi connectivity index (χ1) is 9.11. The molecule has 6 nitrogen and oxygen atoms in total. The third-order valence-electron chi connectivity index (χ3n) is 3.24. The lowest BCUT2D eigenvalue weighted by Crippen LogP contribution is -2.27. The Balaban J connectivity index is 1.96. The second-order valence-corrected chi connectivity index (χ2v) is 4.79. The summed E-state index contributed by atoms with van der Waals surface area (Å²) in [4.78, 5) is 18.1. The Morgan fingerprint density at radius 2 is 2.37 bits per heavy atom. The maximum absolute atomic E-state index is 11.6. The normalized spacial score (nSPS) is 14.5. The molecule has 0 spiro atoms. The molecule has 1 aromatic rings. The van der Waals surface area contributed by atoms with Crippen molar-refractivity contribution in [1.82, 2.24) is 9.88 Å². The van der Waals surface area contributed by atoms with Crippen LogP contribution in [-0.2, 0) is 4.74 Å². The van der Waals surface area contributed by atoms with Crippen LogP contribution in [0.4, 0.5) is 11.5 Å². The van der Waals surface area contributed by atoms with E-state index in [1.165, 1.54) is 26.1 Å². The Kier molecular flexibility index (Phi) is 4.21. The number of nitrogens with two attached hydrogens (primary N) is 1. The summed E-state index contributed by atoms with van der Waals surface area (Å²) in [6.45, 7) is 1.64. The van der Waals surface area contributed by atoms with Crippen molar-refractivity contribution in [2.45, 2.75) is 18.9 Å². The smallest absolute Gasteiger partial charge is 0.341 e. The minimum absolute atomic E-state index is 0.372. The lowest BCUT2D eigenvalue weighted by molar-refractivity contribution is 0.0601. The van der Waals surface area contributed by atoms with Gasteiger partial charge in [-0.1, -0.05) is 0 Å².